The molecule has 5 heteroatoms. The first kappa shape index (κ1) is 15.8. The predicted molar refractivity (Wildman–Crippen MR) is 88.4 cm³/mol. The second kappa shape index (κ2) is 6.22. The van der Waals surface area contributed by atoms with Gasteiger partial charge < -0.3 is 9.32 Å². The first-order chi connectivity index (χ1) is 11.0. The summed E-state index contributed by atoms with van der Waals surface area (Å²) in [5.41, 5.74) is 2.16. The zero-order valence-corrected chi connectivity index (χ0v) is 14.4. The minimum atomic E-state index is -0.162. The van der Waals surface area contributed by atoms with Crippen LogP contribution in [0.2, 0.25) is 0 Å². The molecule has 1 fully saturated rings. The van der Waals surface area contributed by atoms with Crippen molar-refractivity contribution in [3.05, 3.63) is 41.1 Å². The van der Waals surface area contributed by atoms with Crippen molar-refractivity contribution in [2.75, 3.05) is 13.1 Å². The van der Waals surface area contributed by atoms with E-state index in [9.17, 15) is 4.79 Å². The molecular weight excluding hydrogens is 290 g/mol. The first-order valence-corrected chi connectivity index (χ1v) is 8.32. The molecule has 0 radical (unpaired) electrons. The summed E-state index contributed by atoms with van der Waals surface area (Å²) in [5.74, 6) is 1.73. The summed E-state index contributed by atoms with van der Waals surface area (Å²) >= 11 is 0. The molecule has 0 spiro atoms. The third-order valence-corrected chi connectivity index (χ3v) is 4.73. The van der Waals surface area contributed by atoms with E-state index < -0.39 is 0 Å². The zero-order valence-electron chi connectivity index (χ0n) is 14.4. The van der Waals surface area contributed by atoms with Gasteiger partial charge >= 0.3 is 0 Å². The number of hydrogen-bond donors (Lipinski definition) is 0. The Balaban J connectivity index is 1.73. The van der Waals surface area contributed by atoms with Crippen molar-refractivity contribution in [2.45, 2.75) is 52.5 Å². The van der Waals surface area contributed by atoms with Crippen molar-refractivity contribution in [2.24, 2.45) is 0 Å². The van der Waals surface area contributed by atoms with Crippen molar-refractivity contribution < 1.29 is 9.21 Å². The molecule has 0 unspecified atom stereocenters. The second-order valence-electron chi connectivity index (χ2n) is 6.67. The average Bonchev–Trinajstić information content (AvgIpc) is 3.11. The van der Waals surface area contributed by atoms with E-state index in [4.69, 9.17) is 4.42 Å². The van der Waals surface area contributed by atoms with Crippen LogP contribution < -0.4 is 0 Å². The van der Waals surface area contributed by atoms with Gasteiger partial charge in [-0.1, -0.05) is 0 Å². The minimum Gasteiger partial charge on any atom is -0.466 e. The topological polar surface area (TPSA) is 51.3 Å². The second-order valence-corrected chi connectivity index (χ2v) is 6.67. The van der Waals surface area contributed by atoms with Gasteiger partial charge in [-0.25, -0.2) is 0 Å². The van der Waals surface area contributed by atoms with Gasteiger partial charge in [0.2, 0.25) is 5.91 Å². The first-order valence-electron chi connectivity index (χ1n) is 8.32. The van der Waals surface area contributed by atoms with E-state index in [0.717, 1.165) is 48.6 Å². The van der Waals surface area contributed by atoms with Crippen molar-refractivity contribution >= 4 is 5.91 Å². The van der Waals surface area contributed by atoms with Gasteiger partial charge in [0.05, 0.1) is 18.2 Å². The van der Waals surface area contributed by atoms with Crippen LogP contribution in [0, 0.1) is 20.8 Å². The summed E-state index contributed by atoms with van der Waals surface area (Å²) in [5, 5.41) is 4.42. The molecule has 0 bridgehead atoms. The van der Waals surface area contributed by atoms with Crippen LogP contribution in [-0.2, 0) is 4.79 Å². The lowest BCUT2D eigenvalue weighted by Gasteiger charge is -2.34. The molecule has 0 aliphatic carbocycles. The number of carbonyl (C=O) groups excluding carboxylic acids is 1. The Kier molecular flexibility index (Phi) is 4.28. The molecule has 124 valence electrons. The van der Waals surface area contributed by atoms with Gasteiger partial charge in [-0.15, -0.1) is 0 Å². The number of nitrogens with zero attached hydrogens (tertiary/aromatic N) is 3. The number of aryl methyl sites for hydroxylation is 3. The predicted octanol–water partition coefficient (Wildman–Crippen LogP) is 3.37. The molecule has 1 aliphatic heterocycles. The summed E-state index contributed by atoms with van der Waals surface area (Å²) < 4.78 is 7.59. The van der Waals surface area contributed by atoms with Crippen LogP contribution >= 0.6 is 0 Å². The Morgan fingerprint density at radius 1 is 1.39 bits per heavy atom. The van der Waals surface area contributed by atoms with Crippen LogP contribution in [0.25, 0.3) is 0 Å². The molecule has 0 aromatic carbocycles. The van der Waals surface area contributed by atoms with Gasteiger partial charge in [0.1, 0.15) is 11.5 Å². The maximum atomic E-state index is 12.9. The number of likely N-dealkylation sites (tertiary alicyclic amines) is 1. The maximum absolute atomic E-state index is 12.9. The van der Waals surface area contributed by atoms with Gasteiger partial charge in [-0.05, 0) is 52.2 Å². The van der Waals surface area contributed by atoms with Gasteiger partial charge in [0, 0.05) is 24.8 Å². The van der Waals surface area contributed by atoms with Crippen LogP contribution in [0.4, 0.5) is 0 Å². The molecule has 3 heterocycles. The highest BCUT2D eigenvalue weighted by Gasteiger charge is 2.30. The number of piperidine rings is 1. The van der Waals surface area contributed by atoms with Gasteiger partial charge in [-0.2, -0.15) is 5.10 Å². The van der Waals surface area contributed by atoms with E-state index >= 15 is 0 Å². The molecule has 0 saturated carbocycles. The van der Waals surface area contributed by atoms with Crippen LogP contribution in [0.3, 0.4) is 0 Å². The number of amides is 1. The molecule has 2 aromatic rings. The van der Waals surface area contributed by atoms with Gasteiger partial charge in [0.25, 0.3) is 0 Å². The summed E-state index contributed by atoms with van der Waals surface area (Å²) in [6, 6.07) is 2.26. The quantitative estimate of drug-likeness (QED) is 0.872. The Labute approximate surface area is 137 Å². The van der Waals surface area contributed by atoms with Crippen LogP contribution in [0.15, 0.2) is 22.9 Å². The van der Waals surface area contributed by atoms with Crippen LogP contribution in [0.5, 0.6) is 0 Å². The van der Waals surface area contributed by atoms with E-state index in [2.05, 4.69) is 11.3 Å². The van der Waals surface area contributed by atoms with E-state index in [1.165, 1.54) is 0 Å². The number of carbonyl (C=O) groups is 1. The lowest BCUT2D eigenvalue weighted by molar-refractivity contribution is -0.134. The lowest BCUT2D eigenvalue weighted by atomic mass is 9.97. The Morgan fingerprint density at radius 2 is 2.17 bits per heavy atom. The summed E-state index contributed by atoms with van der Waals surface area (Å²) in [7, 11) is 0. The number of furan rings is 1. The van der Waals surface area contributed by atoms with E-state index in [1.54, 1.807) is 0 Å². The minimum absolute atomic E-state index is 0.162. The fourth-order valence-electron chi connectivity index (χ4n) is 3.49. The molecular formula is C18H25N3O2. The summed E-state index contributed by atoms with van der Waals surface area (Å²) in [6.45, 7) is 9.43. The highest BCUT2D eigenvalue weighted by Crippen LogP contribution is 2.28. The molecule has 23 heavy (non-hydrogen) atoms. The van der Waals surface area contributed by atoms with Gasteiger partial charge in [-0.3, -0.25) is 9.48 Å². The van der Waals surface area contributed by atoms with Gasteiger partial charge in [0.15, 0.2) is 0 Å². The van der Waals surface area contributed by atoms with Crippen molar-refractivity contribution in [1.29, 1.82) is 0 Å². The number of aromatic nitrogens is 2. The normalized spacial score (nSPS) is 19.8. The fourth-order valence-corrected chi connectivity index (χ4v) is 3.49. The Morgan fingerprint density at radius 3 is 2.78 bits per heavy atom. The Bertz CT molecular complexity index is 701. The smallest absolute Gasteiger partial charge is 0.230 e. The highest BCUT2D eigenvalue weighted by molar-refractivity contribution is 5.83. The third-order valence-electron chi connectivity index (χ3n) is 4.73. The molecule has 1 saturated heterocycles. The van der Waals surface area contributed by atoms with E-state index in [1.807, 2.05) is 49.5 Å². The molecule has 3 rings (SSSR count). The van der Waals surface area contributed by atoms with Crippen LogP contribution in [-0.4, -0.2) is 33.7 Å². The maximum Gasteiger partial charge on any atom is 0.230 e. The largest absolute Gasteiger partial charge is 0.466 e. The average molecular weight is 315 g/mol. The number of hydrogen-bond acceptors (Lipinski definition) is 3. The highest BCUT2D eigenvalue weighted by atomic mass is 16.3. The van der Waals surface area contributed by atoms with Crippen molar-refractivity contribution in [3.63, 3.8) is 0 Å². The summed E-state index contributed by atoms with van der Waals surface area (Å²) in [6.07, 6.45) is 6.03. The zero-order chi connectivity index (χ0) is 16.6. The molecule has 2 atom stereocenters. The lowest BCUT2D eigenvalue weighted by Crippen LogP contribution is -2.42. The third kappa shape index (κ3) is 3.19. The van der Waals surface area contributed by atoms with Crippen molar-refractivity contribution in [3.8, 4) is 0 Å². The van der Waals surface area contributed by atoms with Crippen LogP contribution in [0.1, 0.15) is 54.4 Å². The van der Waals surface area contributed by atoms with E-state index in [-0.39, 0.29) is 17.9 Å². The standard InChI is InChI=1S/C18H25N3O2/c1-12-9-19-21(10-12)16-6-5-7-20(11-16)18(22)14(3)17-8-13(2)23-15(17)4/h8-10,14,16H,5-7,11H2,1-4H3/t14-,16-/m0/s1. The van der Waals surface area contributed by atoms with E-state index in [0.29, 0.717) is 0 Å². The monoisotopic (exact) mass is 315 g/mol. The molecule has 0 N–H and O–H groups in total. The molecule has 5 nitrogen and oxygen atoms in total. The molecule has 1 aliphatic rings. The number of rotatable bonds is 3. The molecule has 1 amide bonds. The van der Waals surface area contributed by atoms with Crippen molar-refractivity contribution in [1.82, 2.24) is 14.7 Å². The molecule has 2 aromatic heterocycles. The fraction of sp³-hybridized carbons (Fsp3) is 0.556. The summed E-state index contributed by atoms with van der Waals surface area (Å²) in [4.78, 5) is 14.9. The SMILES string of the molecule is Cc1cnn([C@H]2CCCN(C(=O)[C@@H](C)c3cc(C)oc3C)C2)c1. The Hall–Kier alpha value is -2.04.